The fourth-order valence-electron chi connectivity index (χ4n) is 4.13. The van der Waals surface area contributed by atoms with Gasteiger partial charge in [0.1, 0.15) is 18.2 Å². The van der Waals surface area contributed by atoms with Crippen LogP contribution in [0.3, 0.4) is 0 Å². The molecule has 40 heavy (non-hydrogen) atoms. The number of anilines is 1. The van der Waals surface area contributed by atoms with Gasteiger partial charge in [-0.15, -0.1) is 0 Å². The van der Waals surface area contributed by atoms with E-state index < -0.39 is 11.9 Å². The highest BCUT2D eigenvalue weighted by atomic mass is 19.1. The lowest BCUT2D eigenvalue weighted by molar-refractivity contribution is -0.159. The molecule has 1 aromatic heterocycles. The summed E-state index contributed by atoms with van der Waals surface area (Å²) < 4.78 is 19.0. The number of amides is 2. The molecule has 0 aliphatic carbocycles. The van der Waals surface area contributed by atoms with E-state index in [-0.39, 0.29) is 30.2 Å². The summed E-state index contributed by atoms with van der Waals surface area (Å²) in [6.45, 7) is 1.43. The zero-order valence-corrected chi connectivity index (χ0v) is 21.9. The maximum absolute atomic E-state index is 13.3. The van der Waals surface area contributed by atoms with Crippen LogP contribution in [0.2, 0.25) is 0 Å². The van der Waals surface area contributed by atoms with E-state index in [2.05, 4.69) is 4.98 Å². The van der Waals surface area contributed by atoms with Crippen molar-refractivity contribution in [2.24, 2.45) is 5.92 Å². The van der Waals surface area contributed by atoms with E-state index >= 15 is 0 Å². The van der Waals surface area contributed by atoms with Gasteiger partial charge in [0.25, 0.3) is 0 Å². The predicted molar refractivity (Wildman–Crippen MR) is 143 cm³/mol. The quantitative estimate of drug-likeness (QED) is 0.427. The minimum Gasteiger partial charge on any atom is -0.489 e. The standard InChI is InChI=1S/C27H28FN3O3.C2H2O4/c1-30(24-7-9-25(10-8-24)34-19-21-4-2-6-23(28)16-21)27(33)22-11-14-31(15-12-22)26(32)17-20-5-3-13-29-18-20;3-1(4)2(5)6/h2-10,13,16,18,22H,11-12,14-15,17,19H2,1H3;(H,3,4)(H,5,6). The number of carboxylic acids is 2. The number of piperidine rings is 1. The summed E-state index contributed by atoms with van der Waals surface area (Å²) >= 11 is 0. The molecule has 1 aliphatic rings. The monoisotopic (exact) mass is 551 g/mol. The molecule has 3 aromatic rings. The van der Waals surface area contributed by atoms with Gasteiger partial charge in [-0.1, -0.05) is 18.2 Å². The van der Waals surface area contributed by atoms with Crippen molar-refractivity contribution in [2.75, 3.05) is 25.0 Å². The summed E-state index contributed by atoms with van der Waals surface area (Å²) in [5.74, 6) is -3.29. The molecule has 0 radical (unpaired) electrons. The minimum absolute atomic E-state index is 0.0489. The van der Waals surface area contributed by atoms with Crippen LogP contribution >= 0.6 is 0 Å². The van der Waals surface area contributed by atoms with Gasteiger partial charge in [0, 0.05) is 44.1 Å². The molecule has 1 fully saturated rings. The van der Waals surface area contributed by atoms with E-state index in [1.54, 1.807) is 42.5 Å². The molecule has 2 N–H and O–H groups in total. The lowest BCUT2D eigenvalue weighted by atomic mass is 9.94. The number of likely N-dealkylation sites (tertiary alicyclic amines) is 1. The van der Waals surface area contributed by atoms with Crippen molar-refractivity contribution in [3.63, 3.8) is 0 Å². The maximum Gasteiger partial charge on any atom is 0.414 e. The van der Waals surface area contributed by atoms with Crippen LogP contribution < -0.4 is 9.64 Å². The van der Waals surface area contributed by atoms with Crippen LogP contribution in [0.25, 0.3) is 0 Å². The highest BCUT2D eigenvalue weighted by molar-refractivity contribution is 6.27. The van der Waals surface area contributed by atoms with Gasteiger partial charge < -0.3 is 24.7 Å². The van der Waals surface area contributed by atoms with Gasteiger partial charge in [0.15, 0.2) is 0 Å². The predicted octanol–water partition coefficient (Wildman–Crippen LogP) is 3.40. The molecule has 0 spiro atoms. The number of carbonyl (C=O) groups is 4. The summed E-state index contributed by atoms with van der Waals surface area (Å²) in [5, 5.41) is 14.8. The van der Waals surface area contributed by atoms with E-state index in [9.17, 15) is 14.0 Å². The normalized spacial score (nSPS) is 13.0. The molecule has 0 saturated carbocycles. The Hall–Kier alpha value is -4.80. The average molecular weight is 552 g/mol. The summed E-state index contributed by atoms with van der Waals surface area (Å²) in [4.78, 5) is 51.4. The van der Waals surface area contributed by atoms with Gasteiger partial charge in [-0.05, 0) is 66.4 Å². The second-order valence-corrected chi connectivity index (χ2v) is 9.11. The maximum atomic E-state index is 13.3. The molecule has 2 aromatic carbocycles. The number of carboxylic acid groups (broad SMARTS) is 2. The Morgan fingerprint density at radius 3 is 2.20 bits per heavy atom. The second kappa shape index (κ2) is 14.4. The fourth-order valence-corrected chi connectivity index (χ4v) is 4.13. The van der Waals surface area contributed by atoms with Crippen molar-refractivity contribution in [1.82, 2.24) is 9.88 Å². The minimum atomic E-state index is -1.82. The van der Waals surface area contributed by atoms with Gasteiger partial charge >= 0.3 is 11.9 Å². The van der Waals surface area contributed by atoms with Gasteiger partial charge in [0.2, 0.25) is 11.8 Å². The molecule has 210 valence electrons. The number of benzene rings is 2. The first kappa shape index (κ1) is 29.8. The topological polar surface area (TPSA) is 137 Å². The highest BCUT2D eigenvalue weighted by Crippen LogP contribution is 2.25. The molecular formula is C29H30FN3O7. The number of aromatic nitrogens is 1. The summed E-state index contributed by atoms with van der Waals surface area (Å²) in [6.07, 6.45) is 5.03. The first-order valence-electron chi connectivity index (χ1n) is 12.5. The van der Waals surface area contributed by atoms with Crippen LogP contribution in [0.5, 0.6) is 5.75 Å². The van der Waals surface area contributed by atoms with Crippen LogP contribution in [0.4, 0.5) is 10.1 Å². The summed E-state index contributed by atoms with van der Waals surface area (Å²) in [6, 6.07) is 17.3. The van der Waals surface area contributed by atoms with Gasteiger partial charge in [-0.2, -0.15) is 0 Å². The number of hydrogen-bond acceptors (Lipinski definition) is 6. The third-order valence-electron chi connectivity index (χ3n) is 6.31. The van der Waals surface area contributed by atoms with Crippen LogP contribution in [0, 0.1) is 11.7 Å². The first-order chi connectivity index (χ1) is 19.1. The van der Waals surface area contributed by atoms with Crippen LogP contribution in [-0.4, -0.2) is 64.0 Å². The molecule has 0 atom stereocenters. The van der Waals surface area contributed by atoms with E-state index in [1.807, 2.05) is 35.2 Å². The van der Waals surface area contributed by atoms with Crippen LogP contribution in [-0.2, 0) is 32.2 Å². The van der Waals surface area contributed by atoms with Crippen LogP contribution in [0.1, 0.15) is 24.0 Å². The molecule has 0 unspecified atom stereocenters. The lowest BCUT2D eigenvalue weighted by Gasteiger charge is -2.33. The average Bonchev–Trinajstić information content (AvgIpc) is 2.96. The van der Waals surface area contributed by atoms with E-state index in [0.717, 1.165) is 16.8 Å². The number of hydrogen-bond donors (Lipinski definition) is 2. The molecule has 1 saturated heterocycles. The van der Waals surface area contributed by atoms with E-state index in [1.165, 1.54) is 12.1 Å². The SMILES string of the molecule is CN(C(=O)C1CCN(C(=O)Cc2cccnc2)CC1)c1ccc(OCc2cccc(F)c2)cc1.O=C(O)C(=O)O. The molecule has 0 bridgehead atoms. The number of pyridine rings is 1. The molecule has 11 heteroatoms. The summed E-state index contributed by atoms with van der Waals surface area (Å²) in [5.41, 5.74) is 2.42. The van der Waals surface area contributed by atoms with E-state index in [0.29, 0.717) is 38.1 Å². The van der Waals surface area contributed by atoms with Gasteiger partial charge in [0.05, 0.1) is 6.42 Å². The third kappa shape index (κ3) is 8.90. The second-order valence-electron chi connectivity index (χ2n) is 9.11. The van der Waals surface area contributed by atoms with Crippen molar-refractivity contribution >= 4 is 29.4 Å². The van der Waals surface area contributed by atoms with Crippen LogP contribution in [0.15, 0.2) is 73.1 Å². The number of halogens is 1. The van der Waals surface area contributed by atoms with Crippen molar-refractivity contribution in [1.29, 1.82) is 0 Å². The number of ether oxygens (including phenoxy) is 1. The molecule has 1 aliphatic heterocycles. The molecular weight excluding hydrogens is 521 g/mol. The Morgan fingerprint density at radius 1 is 0.975 bits per heavy atom. The molecule has 2 heterocycles. The number of aliphatic carboxylic acids is 2. The summed E-state index contributed by atoms with van der Waals surface area (Å²) in [7, 11) is 1.77. The Morgan fingerprint density at radius 2 is 1.62 bits per heavy atom. The van der Waals surface area contributed by atoms with Crippen molar-refractivity contribution in [3.05, 3.63) is 90.0 Å². The Balaban J connectivity index is 0.000000663. The Bertz CT molecular complexity index is 1300. The zero-order chi connectivity index (χ0) is 29.1. The molecule has 4 rings (SSSR count). The van der Waals surface area contributed by atoms with Gasteiger partial charge in [-0.25, -0.2) is 14.0 Å². The molecule has 10 nitrogen and oxygen atoms in total. The lowest BCUT2D eigenvalue weighted by Crippen LogP contribution is -2.44. The first-order valence-corrected chi connectivity index (χ1v) is 12.5. The van der Waals surface area contributed by atoms with Crippen molar-refractivity contribution < 1.29 is 38.5 Å². The van der Waals surface area contributed by atoms with Crippen molar-refractivity contribution in [2.45, 2.75) is 25.9 Å². The molecule has 2 amide bonds. The number of rotatable bonds is 7. The largest absolute Gasteiger partial charge is 0.489 e. The fraction of sp³-hybridized carbons (Fsp3) is 0.276. The Kier molecular flexibility index (Phi) is 10.7. The number of carbonyl (C=O) groups excluding carboxylic acids is 2. The van der Waals surface area contributed by atoms with Gasteiger partial charge in [-0.3, -0.25) is 14.6 Å². The zero-order valence-electron chi connectivity index (χ0n) is 21.9. The van der Waals surface area contributed by atoms with E-state index in [4.69, 9.17) is 24.5 Å². The smallest absolute Gasteiger partial charge is 0.414 e. The third-order valence-corrected chi connectivity index (χ3v) is 6.31. The highest BCUT2D eigenvalue weighted by Gasteiger charge is 2.29. The van der Waals surface area contributed by atoms with Crippen molar-refractivity contribution in [3.8, 4) is 5.75 Å². The Labute approximate surface area is 230 Å². The number of nitrogens with zero attached hydrogens (tertiary/aromatic N) is 3.